The maximum Gasteiger partial charge on any atom is 0.143 e. The molecule has 5 rings (SSSR count). The number of nitrogens with one attached hydrogen (secondary N) is 1. The largest absolute Gasteiger partial charge is 0.372 e. The van der Waals surface area contributed by atoms with Gasteiger partial charge in [0.15, 0.2) is 0 Å². The second kappa shape index (κ2) is 7.41. The van der Waals surface area contributed by atoms with Crippen molar-refractivity contribution in [3.63, 3.8) is 0 Å². The summed E-state index contributed by atoms with van der Waals surface area (Å²) in [4.78, 5) is 12.4. The number of fused-ring (bicyclic) bond motifs is 1. The highest BCUT2D eigenvalue weighted by molar-refractivity contribution is 7.17. The van der Waals surface area contributed by atoms with Crippen molar-refractivity contribution in [2.45, 2.75) is 12.8 Å². The van der Waals surface area contributed by atoms with Crippen LogP contribution >= 0.6 is 22.9 Å². The summed E-state index contributed by atoms with van der Waals surface area (Å²) in [6.45, 7) is 2.30. The highest BCUT2D eigenvalue weighted by Crippen LogP contribution is 2.37. The van der Waals surface area contributed by atoms with Crippen molar-refractivity contribution >= 4 is 50.3 Å². The van der Waals surface area contributed by atoms with Gasteiger partial charge in [0.1, 0.15) is 17.0 Å². The van der Waals surface area contributed by atoms with Crippen molar-refractivity contribution in [3.05, 3.63) is 65.3 Å². The number of thiophene rings is 1. The Hall–Kier alpha value is -2.63. The number of benzene rings is 2. The Morgan fingerprint density at radius 3 is 2.43 bits per heavy atom. The van der Waals surface area contributed by atoms with Crippen molar-refractivity contribution in [1.29, 1.82) is 0 Å². The van der Waals surface area contributed by atoms with Crippen molar-refractivity contribution in [1.82, 2.24) is 9.97 Å². The van der Waals surface area contributed by atoms with Gasteiger partial charge < -0.3 is 10.2 Å². The summed E-state index contributed by atoms with van der Waals surface area (Å²) in [5.74, 6) is 0.824. The highest BCUT2D eigenvalue weighted by atomic mass is 35.5. The second-order valence-corrected chi connectivity index (χ2v) is 8.22. The van der Waals surface area contributed by atoms with Crippen molar-refractivity contribution < 1.29 is 0 Å². The fraction of sp³-hybridized carbons (Fsp3) is 0.182. The normalized spacial score (nSPS) is 14.0. The molecule has 0 saturated carbocycles. The molecule has 0 bridgehead atoms. The lowest BCUT2D eigenvalue weighted by molar-refractivity contribution is 0.949. The van der Waals surface area contributed by atoms with E-state index in [0.717, 1.165) is 51.0 Å². The van der Waals surface area contributed by atoms with E-state index >= 15 is 0 Å². The fourth-order valence-corrected chi connectivity index (χ4v) is 4.72. The van der Waals surface area contributed by atoms with Crippen LogP contribution in [-0.2, 0) is 0 Å². The molecule has 1 fully saturated rings. The Kier molecular flexibility index (Phi) is 4.63. The molecule has 1 aliphatic rings. The van der Waals surface area contributed by atoms with Crippen LogP contribution in [0.15, 0.2) is 60.2 Å². The zero-order valence-corrected chi connectivity index (χ0v) is 16.8. The summed E-state index contributed by atoms with van der Waals surface area (Å²) in [7, 11) is 0. The summed E-state index contributed by atoms with van der Waals surface area (Å²) in [6.07, 6.45) is 4.18. The van der Waals surface area contributed by atoms with Gasteiger partial charge in [0.2, 0.25) is 0 Å². The van der Waals surface area contributed by atoms with E-state index in [1.54, 1.807) is 17.7 Å². The van der Waals surface area contributed by atoms with Gasteiger partial charge in [0, 0.05) is 40.4 Å². The van der Waals surface area contributed by atoms with Gasteiger partial charge >= 0.3 is 0 Å². The van der Waals surface area contributed by atoms with Crippen LogP contribution in [0.1, 0.15) is 12.8 Å². The van der Waals surface area contributed by atoms with E-state index < -0.39 is 0 Å². The molecule has 0 spiro atoms. The molecule has 2 aromatic heterocycles. The van der Waals surface area contributed by atoms with Gasteiger partial charge in [-0.2, -0.15) is 0 Å². The summed E-state index contributed by atoms with van der Waals surface area (Å²) >= 11 is 7.68. The first-order valence-electron chi connectivity index (χ1n) is 9.38. The Bertz CT molecular complexity index is 1100. The topological polar surface area (TPSA) is 41.1 Å². The molecule has 0 unspecified atom stereocenters. The standard InChI is InChI=1S/C22H19ClN4S/c23-16-5-3-15(4-6-16)19-13-28-22-20(19)21(24-14-25-22)26-17-7-9-18(10-8-17)27-11-1-2-12-27/h3-10,13-14H,1-2,11-12H2,(H,24,25,26). The van der Waals surface area contributed by atoms with Crippen LogP contribution in [0, 0.1) is 0 Å². The van der Waals surface area contributed by atoms with Gasteiger partial charge in [-0.3, -0.25) is 0 Å². The number of rotatable bonds is 4. The van der Waals surface area contributed by atoms with Crippen LogP contribution in [-0.4, -0.2) is 23.1 Å². The average molecular weight is 407 g/mol. The first-order chi connectivity index (χ1) is 13.8. The molecular formula is C22H19ClN4S. The molecule has 1 aliphatic heterocycles. The molecule has 1 saturated heterocycles. The van der Waals surface area contributed by atoms with Crippen molar-refractivity contribution in [3.8, 4) is 11.1 Å². The fourth-order valence-electron chi connectivity index (χ4n) is 3.68. The van der Waals surface area contributed by atoms with E-state index in [2.05, 4.69) is 49.8 Å². The molecule has 0 radical (unpaired) electrons. The Labute approximate surface area is 172 Å². The van der Waals surface area contributed by atoms with E-state index in [1.165, 1.54) is 18.5 Å². The average Bonchev–Trinajstić information content (AvgIpc) is 3.40. The van der Waals surface area contributed by atoms with Gasteiger partial charge in [-0.25, -0.2) is 9.97 Å². The number of anilines is 3. The molecule has 0 aliphatic carbocycles. The van der Waals surface area contributed by atoms with Crippen LogP contribution in [0.3, 0.4) is 0 Å². The van der Waals surface area contributed by atoms with Crippen LogP contribution in [0.4, 0.5) is 17.2 Å². The molecule has 0 atom stereocenters. The Balaban J connectivity index is 1.49. The zero-order chi connectivity index (χ0) is 18.9. The molecule has 3 heterocycles. The molecule has 1 N–H and O–H groups in total. The van der Waals surface area contributed by atoms with Gasteiger partial charge in [-0.15, -0.1) is 11.3 Å². The van der Waals surface area contributed by atoms with Crippen LogP contribution < -0.4 is 10.2 Å². The lowest BCUT2D eigenvalue weighted by atomic mass is 10.1. The predicted octanol–water partition coefficient (Wildman–Crippen LogP) is 6.36. The maximum atomic E-state index is 6.05. The SMILES string of the molecule is Clc1ccc(-c2csc3ncnc(Nc4ccc(N5CCCC5)cc4)c23)cc1. The zero-order valence-electron chi connectivity index (χ0n) is 15.2. The molecule has 140 valence electrons. The third-order valence-electron chi connectivity index (χ3n) is 5.13. The minimum atomic E-state index is 0.732. The van der Waals surface area contributed by atoms with Gasteiger partial charge in [0.05, 0.1) is 5.39 Å². The molecule has 4 nitrogen and oxygen atoms in total. The quantitative estimate of drug-likeness (QED) is 0.428. The third-order valence-corrected chi connectivity index (χ3v) is 6.27. The number of nitrogens with zero attached hydrogens (tertiary/aromatic N) is 3. The van der Waals surface area contributed by atoms with Gasteiger partial charge in [-0.05, 0) is 54.8 Å². The predicted molar refractivity (Wildman–Crippen MR) is 119 cm³/mol. The summed E-state index contributed by atoms with van der Waals surface area (Å²) < 4.78 is 0. The van der Waals surface area contributed by atoms with Crippen LogP contribution in [0.2, 0.25) is 5.02 Å². The molecule has 2 aromatic carbocycles. The summed E-state index contributed by atoms with van der Waals surface area (Å²) in [5, 5.41) is 7.39. The van der Waals surface area contributed by atoms with E-state index in [-0.39, 0.29) is 0 Å². The second-order valence-electron chi connectivity index (χ2n) is 6.92. The Morgan fingerprint density at radius 1 is 0.929 bits per heavy atom. The van der Waals surface area contributed by atoms with E-state index in [1.807, 2.05) is 24.3 Å². The lowest BCUT2D eigenvalue weighted by Crippen LogP contribution is -2.17. The number of halogens is 1. The van der Waals surface area contributed by atoms with Gasteiger partial charge in [-0.1, -0.05) is 23.7 Å². The van der Waals surface area contributed by atoms with E-state index in [4.69, 9.17) is 11.6 Å². The molecular weight excluding hydrogens is 388 g/mol. The monoisotopic (exact) mass is 406 g/mol. The van der Waals surface area contributed by atoms with Crippen molar-refractivity contribution in [2.24, 2.45) is 0 Å². The first kappa shape index (κ1) is 17.5. The number of hydrogen-bond acceptors (Lipinski definition) is 5. The van der Waals surface area contributed by atoms with Gasteiger partial charge in [0.25, 0.3) is 0 Å². The highest BCUT2D eigenvalue weighted by Gasteiger charge is 2.14. The summed E-state index contributed by atoms with van der Waals surface area (Å²) in [5.41, 5.74) is 4.54. The molecule has 0 amide bonds. The lowest BCUT2D eigenvalue weighted by Gasteiger charge is -2.18. The molecule has 28 heavy (non-hydrogen) atoms. The number of hydrogen-bond donors (Lipinski definition) is 1. The van der Waals surface area contributed by atoms with Crippen LogP contribution in [0.5, 0.6) is 0 Å². The first-order valence-corrected chi connectivity index (χ1v) is 10.6. The number of aromatic nitrogens is 2. The third kappa shape index (κ3) is 3.32. The minimum absolute atomic E-state index is 0.732. The molecule has 6 heteroatoms. The Morgan fingerprint density at radius 2 is 1.68 bits per heavy atom. The minimum Gasteiger partial charge on any atom is -0.372 e. The molecule has 4 aromatic rings. The summed E-state index contributed by atoms with van der Waals surface area (Å²) in [6, 6.07) is 16.5. The van der Waals surface area contributed by atoms with Crippen molar-refractivity contribution in [2.75, 3.05) is 23.3 Å². The maximum absolute atomic E-state index is 6.05. The smallest absolute Gasteiger partial charge is 0.143 e. The van der Waals surface area contributed by atoms with E-state index in [0.29, 0.717) is 0 Å². The van der Waals surface area contributed by atoms with E-state index in [9.17, 15) is 0 Å². The van der Waals surface area contributed by atoms with Crippen LogP contribution in [0.25, 0.3) is 21.3 Å².